The van der Waals surface area contributed by atoms with Crippen molar-refractivity contribution in [3.8, 4) is 0 Å². The maximum Gasteiger partial charge on any atom is 0.410 e. The van der Waals surface area contributed by atoms with Crippen molar-refractivity contribution in [2.75, 3.05) is 74.7 Å². The predicted octanol–water partition coefficient (Wildman–Crippen LogP) is 7.33. The van der Waals surface area contributed by atoms with Crippen molar-refractivity contribution in [3.63, 3.8) is 0 Å². The third kappa shape index (κ3) is 13.8. The predicted molar refractivity (Wildman–Crippen MR) is 253 cm³/mol. The van der Waals surface area contributed by atoms with Crippen LogP contribution in [0.5, 0.6) is 0 Å². The second-order valence-corrected chi connectivity index (χ2v) is 23.9. The number of anilines is 2. The first kappa shape index (κ1) is 51.1. The second kappa shape index (κ2) is 20.7. The summed E-state index contributed by atoms with van der Waals surface area (Å²) in [5, 5.41) is 1.47. The van der Waals surface area contributed by atoms with Crippen LogP contribution in [0.2, 0.25) is 0 Å². The van der Waals surface area contributed by atoms with Gasteiger partial charge in [-0.1, -0.05) is 60.8 Å². The SMILES string of the molecule is CC.CC(C)(C)OC(=O)N1CCC2CN(c3ncc(C(=O)c4cccc(S(C)(=O)=O)c4)s3)CC2C1.CC(C)(C)OC(=O)N1CCN(c2ncc(C(=O)c3cccc(S(C)(=O)=O)c3)s2)CC1. The fourth-order valence-corrected chi connectivity index (χ4v) is 10.4. The molecular weight excluding hydrogens is 913 g/mol. The number of hydrogen-bond acceptors (Lipinski definition) is 16. The molecule has 3 aliphatic rings. The highest BCUT2D eigenvalue weighted by Crippen LogP contribution is 2.37. The van der Waals surface area contributed by atoms with Gasteiger partial charge < -0.3 is 29.1 Å². The molecule has 5 heterocycles. The van der Waals surface area contributed by atoms with E-state index in [0.29, 0.717) is 77.1 Å². The van der Waals surface area contributed by atoms with E-state index in [0.717, 1.165) is 37.2 Å². The summed E-state index contributed by atoms with van der Waals surface area (Å²) >= 11 is 2.57. The molecule has 2 aromatic heterocycles. The van der Waals surface area contributed by atoms with Crippen molar-refractivity contribution in [1.82, 2.24) is 19.8 Å². The Hall–Kier alpha value is -4.92. The minimum Gasteiger partial charge on any atom is -0.444 e. The van der Waals surface area contributed by atoms with E-state index < -0.39 is 30.9 Å². The Morgan fingerprint density at radius 1 is 0.600 bits per heavy atom. The topological polar surface area (TPSA) is 194 Å². The Labute approximate surface area is 390 Å². The lowest BCUT2D eigenvalue weighted by atomic mass is 9.89. The Balaban J connectivity index is 0.000000236. The average Bonchev–Trinajstić information content (AvgIpc) is 4.03. The van der Waals surface area contributed by atoms with E-state index >= 15 is 0 Å². The third-order valence-corrected chi connectivity index (χ3v) is 14.7. The van der Waals surface area contributed by atoms with Gasteiger partial charge in [-0.2, -0.15) is 0 Å². The third-order valence-electron chi connectivity index (χ3n) is 10.4. The van der Waals surface area contributed by atoms with E-state index in [-0.39, 0.29) is 33.5 Å². The van der Waals surface area contributed by atoms with Crippen molar-refractivity contribution in [2.45, 2.75) is 82.8 Å². The van der Waals surface area contributed by atoms with Crippen molar-refractivity contribution in [1.29, 1.82) is 0 Å². The number of fused-ring (bicyclic) bond motifs is 1. The molecule has 0 saturated carbocycles. The monoisotopic (exact) mass is 972 g/mol. The summed E-state index contributed by atoms with van der Waals surface area (Å²) in [6, 6.07) is 12.1. The van der Waals surface area contributed by atoms with Crippen LogP contribution in [0.4, 0.5) is 19.9 Å². The zero-order valence-corrected chi connectivity index (χ0v) is 42.0. The van der Waals surface area contributed by atoms with Gasteiger partial charge in [-0.05, 0) is 84.1 Å². The van der Waals surface area contributed by atoms with Gasteiger partial charge in [0, 0.05) is 76.0 Å². The van der Waals surface area contributed by atoms with E-state index in [4.69, 9.17) is 9.47 Å². The van der Waals surface area contributed by atoms with Gasteiger partial charge >= 0.3 is 12.2 Å². The van der Waals surface area contributed by atoms with Gasteiger partial charge in [0.25, 0.3) is 0 Å². The normalized spacial score (nSPS) is 17.8. The van der Waals surface area contributed by atoms with E-state index in [1.54, 1.807) is 40.3 Å². The van der Waals surface area contributed by atoms with Gasteiger partial charge in [-0.3, -0.25) is 9.59 Å². The molecule has 4 aromatic rings. The van der Waals surface area contributed by atoms with Crippen LogP contribution in [0, 0.1) is 11.8 Å². The molecular formula is C45H60N6O10S4. The lowest BCUT2D eigenvalue weighted by molar-refractivity contribution is 0.0138. The number of ketones is 2. The standard InChI is InChI=1S/C23H29N3O5S2.C20H25N3O5S2.C2H6/c1-23(2,3)31-22(28)25-9-8-16-12-26(14-17(16)13-25)21-24-11-19(32-21)20(27)15-6-5-7-18(10-15)33(4,29)30;1-20(2,3)28-19(25)23-10-8-22(9-11-23)18-21-13-16(29-18)17(24)14-6-5-7-15(12-14)30(4,26)27;1-2/h5-7,10-11,16-17H,8-9,12-14H2,1-4H3;5-7,12-13H,8-11H2,1-4H3;1-2H3. The molecule has 7 rings (SSSR count). The maximum atomic E-state index is 12.9. The number of carbonyl (C=O) groups excluding carboxylic acids is 4. The number of benzene rings is 2. The Bertz CT molecular complexity index is 2570. The summed E-state index contributed by atoms with van der Waals surface area (Å²) in [7, 11) is -6.78. The number of sulfone groups is 2. The highest BCUT2D eigenvalue weighted by atomic mass is 32.2. The molecule has 3 saturated heterocycles. The fourth-order valence-electron chi connectivity index (χ4n) is 7.28. The summed E-state index contributed by atoms with van der Waals surface area (Å²) in [6.45, 7) is 20.3. The van der Waals surface area contributed by atoms with Crippen LogP contribution in [-0.4, -0.2) is 136 Å². The highest BCUT2D eigenvalue weighted by Gasteiger charge is 2.40. The molecule has 16 nitrogen and oxygen atoms in total. The van der Waals surface area contributed by atoms with Crippen LogP contribution < -0.4 is 9.80 Å². The molecule has 0 spiro atoms. The number of nitrogens with zero attached hydrogens (tertiary/aromatic N) is 6. The molecule has 354 valence electrons. The average molecular weight is 973 g/mol. The maximum absolute atomic E-state index is 12.9. The summed E-state index contributed by atoms with van der Waals surface area (Å²) in [5.41, 5.74) is -0.410. The van der Waals surface area contributed by atoms with Crippen molar-refractivity contribution in [2.24, 2.45) is 11.8 Å². The lowest BCUT2D eigenvalue weighted by Crippen LogP contribution is -2.50. The second-order valence-electron chi connectivity index (χ2n) is 17.9. The van der Waals surface area contributed by atoms with Gasteiger partial charge in [0.1, 0.15) is 11.2 Å². The van der Waals surface area contributed by atoms with Crippen LogP contribution in [0.1, 0.15) is 92.3 Å². The number of likely N-dealkylation sites (tertiary alicyclic amines) is 1. The molecule has 2 unspecified atom stereocenters. The lowest BCUT2D eigenvalue weighted by Gasteiger charge is -2.35. The van der Waals surface area contributed by atoms with Gasteiger partial charge in [0.05, 0.1) is 31.9 Å². The smallest absolute Gasteiger partial charge is 0.410 e. The first-order valence-corrected chi connectivity index (χ1v) is 26.8. The molecule has 3 aliphatic heterocycles. The summed E-state index contributed by atoms with van der Waals surface area (Å²) in [6.07, 6.45) is 5.62. The Kier molecular flexibility index (Phi) is 16.3. The van der Waals surface area contributed by atoms with Gasteiger partial charge in [-0.15, -0.1) is 0 Å². The number of thiazole rings is 2. The van der Waals surface area contributed by atoms with E-state index in [1.165, 1.54) is 53.1 Å². The first-order chi connectivity index (χ1) is 30.3. The molecule has 65 heavy (non-hydrogen) atoms. The summed E-state index contributed by atoms with van der Waals surface area (Å²) in [4.78, 5) is 68.0. The number of hydrogen-bond donors (Lipinski definition) is 0. The van der Waals surface area contributed by atoms with E-state index in [9.17, 15) is 36.0 Å². The van der Waals surface area contributed by atoms with Crippen LogP contribution in [0.25, 0.3) is 0 Å². The number of rotatable bonds is 8. The number of carbonyl (C=O) groups is 4. The molecule has 0 N–H and O–H groups in total. The Morgan fingerprint density at radius 3 is 1.48 bits per heavy atom. The molecule has 2 aromatic carbocycles. The summed E-state index contributed by atoms with van der Waals surface area (Å²) in [5.74, 6) is 0.299. The van der Waals surface area contributed by atoms with Crippen molar-refractivity contribution < 1.29 is 45.5 Å². The zero-order valence-electron chi connectivity index (χ0n) is 38.7. The molecule has 20 heteroatoms. The molecule has 0 radical (unpaired) electrons. The summed E-state index contributed by atoms with van der Waals surface area (Å²) < 4.78 is 58.1. The minimum absolute atomic E-state index is 0.108. The first-order valence-electron chi connectivity index (χ1n) is 21.4. The Morgan fingerprint density at radius 2 is 1.03 bits per heavy atom. The number of piperidine rings is 1. The number of ether oxygens (including phenoxy) is 2. The number of piperazine rings is 1. The minimum atomic E-state index is -3.39. The van der Waals surface area contributed by atoms with Gasteiger partial charge in [-0.25, -0.2) is 36.4 Å². The fraction of sp³-hybridized carbons (Fsp3) is 0.511. The van der Waals surface area contributed by atoms with Gasteiger partial charge in [0.15, 0.2) is 29.9 Å². The van der Waals surface area contributed by atoms with Crippen LogP contribution in [0.3, 0.4) is 0 Å². The molecule has 2 atom stereocenters. The number of amides is 2. The van der Waals surface area contributed by atoms with Crippen molar-refractivity contribution in [3.05, 3.63) is 81.8 Å². The number of aromatic nitrogens is 2. The zero-order chi connectivity index (χ0) is 48.1. The van der Waals surface area contributed by atoms with Crippen molar-refractivity contribution >= 4 is 76.4 Å². The van der Waals surface area contributed by atoms with Crippen LogP contribution >= 0.6 is 22.7 Å². The largest absolute Gasteiger partial charge is 0.444 e. The highest BCUT2D eigenvalue weighted by molar-refractivity contribution is 7.91. The molecule has 0 bridgehead atoms. The molecule has 3 fully saturated rings. The van der Waals surface area contributed by atoms with E-state index in [1.807, 2.05) is 60.3 Å². The molecule has 2 amide bonds. The van der Waals surface area contributed by atoms with Crippen LogP contribution in [0.15, 0.2) is 70.7 Å². The van der Waals surface area contributed by atoms with Crippen LogP contribution in [-0.2, 0) is 29.1 Å². The van der Waals surface area contributed by atoms with Gasteiger partial charge in [0.2, 0.25) is 11.6 Å². The van der Waals surface area contributed by atoms with E-state index in [2.05, 4.69) is 14.9 Å². The quantitative estimate of drug-likeness (QED) is 0.159. The molecule has 0 aliphatic carbocycles.